The normalized spacial score (nSPS) is 10.9. The highest BCUT2D eigenvalue weighted by molar-refractivity contribution is 7.71. The molecule has 3 N–H and O–H groups in total. The topological polar surface area (TPSA) is 76.8 Å². The fourth-order valence-corrected chi connectivity index (χ4v) is 3.41. The minimum atomic E-state index is 0.282. The molecule has 0 aliphatic heterocycles. The summed E-state index contributed by atoms with van der Waals surface area (Å²) in [6.07, 6.45) is 0. The van der Waals surface area contributed by atoms with Crippen LogP contribution in [-0.2, 0) is 0 Å². The van der Waals surface area contributed by atoms with Gasteiger partial charge in [0.05, 0.1) is 18.2 Å². The van der Waals surface area contributed by atoms with Crippen LogP contribution in [0.3, 0.4) is 0 Å². The van der Waals surface area contributed by atoms with Gasteiger partial charge in [-0.15, -0.1) is 0 Å². The summed E-state index contributed by atoms with van der Waals surface area (Å²) in [7, 11) is 1.63. The van der Waals surface area contributed by atoms with E-state index in [0.717, 1.165) is 22.4 Å². The van der Waals surface area contributed by atoms with Crippen molar-refractivity contribution in [2.24, 2.45) is 0 Å². The molecule has 134 valence electrons. The maximum Gasteiger partial charge on any atom is 0.200 e. The van der Waals surface area contributed by atoms with E-state index >= 15 is 0 Å². The van der Waals surface area contributed by atoms with E-state index in [4.69, 9.17) is 34.3 Å². The van der Waals surface area contributed by atoms with Crippen molar-refractivity contribution in [2.75, 3.05) is 12.8 Å². The minimum Gasteiger partial charge on any atom is -0.497 e. The number of nitrogens with zero attached hydrogens (tertiary/aromatic N) is 2. The van der Waals surface area contributed by atoms with Crippen molar-refractivity contribution in [3.05, 3.63) is 64.4 Å². The number of hydrogen-bond donors (Lipinski definition) is 2. The molecule has 27 heavy (non-hydrogen) atoms. The van der Waals surface area contributed by atoms with Gasteiger partial charge in [-0.2, -0.15) is 4.98 Å². The molecule has 0 atom stereocenters. The highest BCUT2D eigenvalue weighted by Crippen LogP contribution is 2.36. The predicted molar refractivity (Wildman–Crippen MR) is 112 cm³/mol. The van der Waals surface area contributed by atoms with E-state index in [0.29, 0.717) is 27.6 Å². The summed E-state index contributed by atoms with van der Waals surface area (Å²) < 4.78 is 5.54. The van der Waals surface area contributed by atoms with Crippen LogP contribution in [-0.4, -0.2) is 22.1 Å². The number of halogens is 1. The third-order valence-electron chi connectivity index (χ3n) is 4.27. The Morgan fingerprint density at radius 3 is 2.48 bits per heavy atom. The van der Waals surface area contributed by atoms with Crippen molar-refractivity contribution in [1.82, 2.24) is 15.0 Å². The number of aromatic nitrogens is 3. The van der Waals surface area contributed by atoms with Crippen LogP contribution in [0.25, 0.3) is 33.4 Å². The van der Waals surface area contributed by atoms with Crippen molar-refractivity contribution in [3.8, 4) is 28.1 Å². The lowest BCUT2D eigenvalue weighted by Gasteiger charge is -2.12. The van der Waals surface area contributed by atoms with Crippen molar-refractivity contribution in [3.63, 3.8) is 0 Å². The van der Waals surface area contributed by atoms with Crippen LogP contribution in [0.5, 0.6) is 5.75 Å². The zero-order valence-electron chi connectivity index (χ0n) is 14.4. The SMILES string of the molecule is COc1ccc(-c2cc(-c3ccccc3Cl)nc3nc(=S)[nH]c(N)c23)cc1. The molecule has 0 saturated carbocycles. The highest BCUT2D eigenvalue weighted by atomic mass is 35.5. The van der Waals surface area contributed by atoms with E-state index in [2.05, 4.69) is 15.0 Å². The van der Waals surface area contributed by atoms with Crippen LogP contribution in [0.4, 0.5) is 5.82 Å². The first-order chi connectivity index (χ1) is 13.1. The van der Waals surface area contributed by atoms with Crippen LogP contribution in [0.15, 0.2) is 54.6 Å². The molecule has 2 heterocycles. The van der Waals surface area contributed by atoms with E-state index in [1.165, 1.54) is 0 Å². The average molecular weight is 395 g/mol. The van der Waals surface area contributed by atoms with Gasteiger partial charge in [-0.3, -0.25) is 0 Å². The molecule has 4 rings (SSSR count). The lowest BCUT2D eigenvalue weighted by molar-refractivity contribution is 0.415. The van der Waals surface area contributed by atoms with E-state index in [1.54, 1.807) is 7.11 Å². The zero-order valence-corrected chi connectivity index (χ0v) is 15.9. The first-order valence-corrected chi connectivity index (χ1v) is 8.95. The molecule has 2 aromatic heterocycles. The number of nitrogens with one attached hydrogen (secondary N) is 1. The lowest BCUT2D eigenvalue weighted by atomic mass is 9.99. The Hall–Kier alpha value is -2.96. The number of anilines is 1. The number of aromatic amines is 1. The molecule has 0 radical (unpaired) electrons. The number of pyridine rings is 1. The standard InChI is InChI=1S/C20H15ClN4OS/c1-26-12-8-6-11(7-9-12)14-10-16(13-4-2-3-5-15(13)21)23-19-17(14)18(22)24-20(27)25-19/h2-10H,1H3,(H3,22,23,24,25,27). The molecule has 0 fully saturated rings. The number of ether oxygens (including phenoxy) is 1. The molecular formula is C20H15ClN4OS. The lowest BCUT2D eigenvalue weighted by Crippen LogP contribution is -2.00. The third-order valence-corrected chi connectivity index (χ3v) is 4.79. The second-order valence-electron chi connectivity index (χ2n) is 5.92. The summed E-state index contributed by atoms with van der Waals surface area (Å²) in [5.41, 5.74) is 10.0. The summed E-state index contributed by atoms with van der Waals surface area (Å²) in [6.45, 7) is 0. The van der Waals surface area contributed by atoms with Gasteiger partial charge in [0.2, 0.25) is 0 Å². The summed E-state index contributed by atoms with van der Waals surface area (Å²) >= 11 is 11.6. The molecule has 0 amide bonds. The summed E-state index contributed by atoms with van der Waals surface area (Å²) in [5.74, 6) is 1.20. The van der Waals surface area contributed by atoms with E-state index < -0.39 is 0 Å². The molecule has 0 bridgehead atoms. The Kier molecular flexibility index (Phi) is 4.51. The molecule has 2 aromatic carbocycles. The van der Waals surface area contributed by atoms with Gasteiger partial charge in [-0.25, -0.2) is 4.98 Å². The maximum atomic E-state index is 6.38. The largest absolute Gasteiger partial charge is 0.497 e. The van der Waals surface area contributed by atoms with Gasteiger partial charge in [-0.1, -0.05) is 41.9 Å². The Bertz CT molecular complexity index is 1200. The van der Waals surface area contributed by atoms with Gasteiger partial charge in [-0.05, 0) is 47.6 Å². The molecule has 0 spiro atoms. The number of fused-ring (bicyclic) bond motifs is 1. The zero-order chi connectivity index (χ0) is 19.0. The van der Waals surface area contributed by atoms with Crippen molar-refractivity contribution in [2.45, 2.75) is 0 Å². The number of rotatable bonds is 3. The predicted octanol–water partition coefficient (Wildman–Crippen LogP) is 5.27. The first kappa shape index (κ1) is 17.5. The molecule has 0 unspecified atom stereocenters. The smallest absolute Gasteiger partial charge is 0.200 e. The number of methoxy groups -OCH3 is 1. The molecule has 0 aliphatic rings. The van der Waals surface area contributed by atoms with Crippen LogP contribution in [0.2, 0.25) is 5.02 Å². The van der Waals surface area contributed by atoms with Crippen LogP contribution < -0.4 is 10.5 Å². The number of nitrogens with two attached hydrogens (primary N) is 1. The number of H-pyrrole nitrogens is 1. The van der Waals surface area contributed by atoms with Gasteiger partial charge >= 0.3 is 0 Å². The van der Waals surface area contributed by atoms with Gasteiger partial charge in [0.1, 0.15) is 11.6 Å². The average Bonchev–Trinajstić information content (AvgIpc) is 2.67. The van der Waals surface area contributed by atoms with Gasteiger partial charge < -0.3 is 15.5 Å². The minimum absolute atomic E-state index is 0.282. The van der Waals surface area contributed by atoms with E-state index in [-0.39, 0.29) is 4.77 Å². The third kappa shape index (κ3) is 3.25. The van der Waals surface area contributed by atoms with Crippen LogP contribution >= 0.6 is 23.8 Å². The van der Waals surface area contributed by atoms with Gasteiger partial charge in [0.15, 0.2) is 10.4 Å². The summed E-state index contributed by atoms with van der Waals surface area (Å²) in [5, 5.41) is 1.32. The molecule has 0 aliphatic carbocycles. The molecule has 0 saturated heterocycles. The number of benzene rings is 2. The fraction of sp³-hybridized carbons (Fsp3) is 0.0500. The van der Waals surface area contributed by atoms with E-state index in [9.17, 15) is 0 Å². The Morgan fingerprint density at radius 2 is 1.78 bits per heavy atom. The second kappa shape index (κ2) is 6.98. The van der Waals surface area contributed by atoms with Crippen LogP contribution in [0, 0.1) is 4.77 Å². The quantitative estimate of drug-likeness (QED) is 0.463. The summed E-state index contributed by atoms with van der Waals surface area (Å²) in [6, 6.07) is 17.2. The molecule has 7 heteroatoms. The Labute approximate surface area is 165 Å². The fourth-order valence-electron chi connectivity index (χ4n) is 2.99. The first-order valence-electron chi connectivity index (χ1n) is 8.16. The second-order valence-corrected chi connectivity index (χ2v) is 6.71. The van der Waals surface area contributed by atoms with Gasteiger partial charge in [0, 0.05) is 10.6 Å². The summed E-state index contributed by atoms with van der Waals surface area (Å²) in [4.78, 5) is 11.9. The Morgan fingerprint density at radius 1 is 1.04 bits per heavy atom. The van der Waals surface area contributed by atoms with Gasteiger partial charge in [0.25, 0.3) is 0 Å². The highest BCUT2D eigenvalue weighted by Gasteiger charge is 2.15. The van der Waals surface area contributed by atoms with Crippen LogP contribution in [0.1, 0.15) is 0 Å². The van der Waals surface area contributed by atoms with E-state index in [1.807, 2.05) is 54.6 Å². The monoisotopic (exact) mass is 394 g/mol. The number of nitrogen functional groups attached to an aromatic ring is 1. The molecular weight excluding hydrogens is 380 g/mol. The van der Waals surface area contributed by atoms with Crippen molar-refractivity contribution >= 4 is 40.7 Å². The maximum absolute atomic E-state index is 6.38. The number of hydrogen-bond acceptors (Lipinski definition) is 5. The molecule has 4 aromatic rings. The van der Waals surface area contributed by atoms with Crippen molar-refractivity contribution in [1.29, 1.82) is 0 Å². The molecule has 5 nitrogen and oxygen atoms in total. The Balaban J connectivity index is 2.05. The van der Waals surface area contributed by atoms with Crippen molar-refractivity contribution < 1.29 is 4.74 Å².